The predicted molar refractivity (Wildman–Crippen MR) is 65.2 cm³/mol. The van der Waals surface area contributed by atoms with E-state index in [2.05, 4.69) is 10.0 Å². The van der Waals surface area contributed by atoms with Crippen LogP contribution in [0.2, 0.25) is 0 Å². The van der Waals surface area contributed by atoms with Crippen LogP contribution in [-0.2, 0) is 10.0 Å². The molecule has 0 spiro atoms. The van der Waals surface area contributed by atoms with Gasteiger partial charge < -0.3 is 5.32 Å². The maximum atomic E-state index is 11.9. The highest BCUT2D eigenvalue weighted by Gasteiger charge is 2.25. The Kier molecular flexibility index (Phi) is 7.46. The first-order valence-corrected chi connectivity index (χ1v) is 6.97. The van der Waals surface area contributed by atoms with E-state index in [0.29, 0.717) is 5.92 Å². The van der Waals surface area contributed by atoms with Crippen molar-refractivity contribution in [1.29, 1.82) is 0 Å². The summed E-state index contributed by atoms with van der Waals surface area (Å²) < 4.78 is 37.5. The van der Waals surface area contributed by atoms with Gasteiger partial charge in [0.25, 0.3) is 0 Å². The number of hydrogen-bond acceptors (Lipinski definition) is 3. The van der Waals surface area contributed by atoms with Crippen LogP contribution in [0, 0.1) is 5.92 Å². The molecule has 1 aliphatic rings. The van der Waals surface area contributed by atoms with E-state index in [0.717, 1.165) is 19.5 Å². The molecule has 0 aliphatic carbocycles. The van der Waals surface area contributed by atoms with Crippen molar-refractivity contribution in [2.45, 2.75) is 25.8 Å². The van der Waals surface area contributed by atoms with Crippen LogP contribution >= 0.6 is 12.4 Å². The Bertz CT molecular complexity index is 287. The first-order chi connectivity index (χ1) is 7.05. The van der Waals surface area contributed by atoms with E-state index < -0.39 is 16.7 Å². The molecule has 0 bridgehead atoms. The van der Waals surface area contributed by atoms with Gasteiger partial charge in [-0.3, -0.25) is 4.39 Å². The summed E-state index contributed by atoms with van der Waals surface area (Å²) in [6.45, 7) is 3.09. The van der Waals surface area contributed by atoms with Gasteiger partial charge in [0.05, 0.1) is 12.4 Å². The van der Waals surface area contributed by atoms with Gasteiger partial charge in [-0.15, -0.1) is 12.4 Å². The highest BCUT2D eigenvalue weighted by molar-refractivity contribution is 7.89. The lowest BCUT2D eigenvalue weighted by atomic mass is 9.97. The van der Waals surface area contributed by atoms with E-state index in [1.807, 2.05) is 6.92 Å². The lowest BCUT2D eigenvalue weighted by Gasteiger charge is -2.29. The normalized spacial score (nSPS) is 26.1. The summed E-state index contributed by atoms with van der Waals surface area (Å²) in [6.07, 6.45) is 0.880. The van der Waals surface area contributed by atoms with Crippen molar-refractivity contribution in [2.24, 2.45) is 5.92 Å². The molecule has 98 valence electrons. The molecule has 0 amide bonds. The van der Waals surface area contributed by atoms with E-state index in [1.165, 1.54) is 0 Å². The molecule has 16 heavy (non-hydrogen) atoms. The molecule has 1 aliphatic heterocycles. The minimum absolute atomic E-state index is 0. The molecule has 0 aromatic carbocycles. The van der Waals surface area contributed by atoms with Crippen molar-refractivity contribution < 1.29 is 12.8 Å². The van der Waals surface area contributed by atoms with Crippen molar-refractivity contribution in [3.8, 4) is 0 Å². The molecule has 1 heterocycles. The number of rotatable bonds is 5. The minimum atomic E-state index is -3.29. The number of nitrogens with one attached hydrogen (secondary N) is 2. The van der Waals surface area contributed by atoms with Crippen molar-refractivity contribution in [1.82, 2.24) is 10.0 Å². The highest BCUT2D eigenvalue weighted by Crippen LogP contribution is 2.11. The maximum Gasteiger partial charge on any atom is 0.211 e. The molecule has 2 N–H and O–H groups in total. The second-order valence-electron chi connectivity index (χ2n) is 4.06. The second kappa shape index (κ2) is 7.42. The fourth-order valence-electron chi connectivity index (χ4n) is 1.72. The Balaban J connectivity index is 0.00000225. The zero-order valence-corrected chi connectivity index (χ0v) is 11.0. The zero-order valence-electron chi connectivity index (χ0n) is 9.41. The van der Waals surface area contributed by atoms with Gasteiger partial charge in [0.15, 0.2) is 0 Å². The fraction of sp³-hybridized carbons (Fsp3) is 1.00. The number of alkyl halides is 1. The largest absolute Gasteiger partial charge is 0.316 e. The molecule has 7 heteroatoms. The van der Waals surface area contributed by atoms with Gasteiger partial charge in [0, 0.05) is 6.04 Å². The lowest BCUT2D eigenvalue weighted by molar-refractivity contribution is 0.327. The monoisotopic (exact) mass is 274 g/mol. The highest BCUT2D eigenvalue weighted by atomic mass is 35.5. The van der Waals surface area contributed by atoms with E-state index in [9.17, 15) is 12.8 Å². The first kappa shape index (κ1) is 16.1. The molecular formula is C9H20ClFN2O2S. The third-order valence-electron chi connectivity index (χ3n) is 2.66. The van der Waals surface area contributed by atoms with Gasteiger partial charge in [-0.2, -0.15) is 0 Å². The van der Waals surface area contributed by atoms with Gasteiger partial charge in [0.1, 0.15) is 0 Å². The van der Waals surface area contributed by atoms with E-state index in [4.69, 9.17) is 0 Å². The van der Waals surface area contributed by atoms with Gasteiger partial charge in [0.2, 0.25) is 10.0 Å². The second-order valence-corrected chi connectivity index (χ2v) is 5.93. The standard InChI is InChI=1S/C9H19FN2O2S.ClH/c1-8-7-11-5-3-9(8)12-15(13,14)6-2-4-10;/h8-9,11-12H,2-7H2,1H3;1H. The molecule has 1 fully saturated rings. The first-order valence-electron chi connectivity index (χ1n) is 5.32. The van der Waals surface area contributed by atoms with Gasteiger partial charge >= 0.3 is 0 Å². The summed E-state index contributed by atoms with van der Waals surface area (Å²) in [5, 5.41) is 3.20. The molecular weight excluding hydrogens is 255 g/mol. The van der Waals surface area contributed by atoms with Crippen molar-refractivity contribution >= 4 is 22.4 Å². The summed E-state index contributed by atoms with van der Waals surface area (Å²) in [5.74, 6) is 0.180. The quantitative estimate of drug-likeness (QED) is 0.775. The summed E-state index contributed by atoms with van der Waals surface area (Å²) in [6, 6.07) is -0.00383. The van der Waals surface area contributed by atoms with E-state index in [1.54, 1.807) is 0 Å². The lowest BCUT2D eigenvalue weighted by Crippen LogP contribution is -2.48. The van der Waals surface area contributed by atoms with Crippen LogP contribution in [0.25, 0.3) is 0 Å². The average molecular weight is 275 g/mol. The van der Waals surface area contributed by atoms with Crippen LogP contribution in [0.4, 0.5) is 4.39 Å². The van der Waals surface area contributed by atoms with E-state index in [-0.39, 0.29) is 30.6 Å². The summed E-state index contributed by atoms with van der Waals surface area (Å²) in [4.78, 5) is 0. The molecule has 1 rings (SSSR count). The van der Waals surface area contributed by atoms with Crippen molar-refractivity contribution in [3.05, 3.63) is 0 Å². The van der Waals surface area contributed by atoms with Gasteiger partial charge in [-0.25, -0.2) is 13.1 Å². The number of sulfonamides is 1. The van der Waals surface area contributed by atoms with Crippen LogP contribution in [0.5, 0.6) is 0 Å². The van der Waals surface area contributed by atoms with Gasteiger partial charge in [-0.05, 0) is 31.8 Å². The maximum absolute atomic E-state index is 11.9. The Morgan fingerprint density at radius 3 is 2.75 bits per heavy atom. The summed E-state index contributed by atoms with van der Waals surface area (Å²) in [5.41, 5.74) is 0. The van der Waals surface area contributed by atoms with Crippen LogP contribution in [-0.4, -0.2) is 40.0 Å². The molecule has 0 aromatic heterocycles. The average Bonchev–Trinajstić information content (AvgIpc) is 2.18. The molecule has 0 saturated carbocycles. The Labute approximate surface area is 103 Å². The van der Waals surface area contributed by atoms with Gasteiger partial charge in [-0.1, -0.05) is 6.92 Å². The van der Waals surface area contributed by atoms with Crippen LogP contribution in [0.1, 0.15) is 19.8 Å². The van der Waals surface area contributed by atoms with Crippen LogP contribution in [0.3, 0.4) is 0 Å². The van der Waals surface area contributed by atoms with Crippen molar-refractivity contribution in [2.75, 3.05) is 25.5 Å². The third-order valence-corrected chi connectivity index (χ3v) is 4.15. The smallest absolute Gasteiger partial charge is 0.211 e. The Morgan fingerprint density at radius 1 is 1.50 bits per heavy atom. The Morgan fingerprint density at radius 2 is 2.19 bits per heavy atom. The molecule has 4 nitrogen and oxygen atoms in total. The van der Waals surface area contributed by atoms with Crippen LogP contribution < -0.4 is 10.0 Å². The van der Waals surface area contributed by atoms with E-state index >= 15 is 0 Å². The SMILES string of the molecule is CC1CNCCC1NS(=O)(=O)CCCF.Cl. The summed E-state index contributed by atoms with van der Waals surface area (Å²) >= 11 is 0. The molecule has 2 unspecified atom stereocenters. The number of halogens is 2. The molecule has 1 saturated heterocycles. The molecule has 2 atom stereocenters. The fourth-order valence-corrected chi connectivity index (χ4v) is 3.14. The predicted octanol–water partition coefficient (Wildman–Crippen LogP) is 0.685. The third kappa shape index (κ3) is 5.43. The minimum Gasteiger partial charge on any atom is -0.316 e. The zero-order chi connectivity index (χ0) is 11.3. The number of hydrogen-bond donors (Lipinski definition) is 2. The summed E-state index contributed by atoms with van der Waals surface area (Å²) in [7, 11) is -3.29. The Hall–Kier alpha value is 0.0900. The van der Waals surface area contributed by atoms with Crippen molar-refractivity contribution in [3.63, 3.8) is 0 Å². The molecule has 0 aromatic rings. The molecule has 0 radical (unpaired) electrons. The number of piperidine rings is 1. The van der Waals surface area contributed by atoms with Crippen LogP contribution in [0.15, 0.2) is 0 Å². The topological polar surface area (TPSA) is 58.2 Å².